The predicted octanol–water partition coefficient (Wildman–Crippen LogP) is 5.25. The van der Waals surface area contributed by atoms with Crippen LogP contribution in [-0.2, 0) is 14.4 Å². The molecule has 5 aliphatic rings. The van der Waals surface area contributed by atoms with E-state index in [2.05, 4.69) is 32.0 Å². The molecule has 0 amide bonds. The molecule has 5 aliphatic carbocycles. The van der Waals surface area contributed by atoms with Gasteiger partial charge in [0.15, 0.2) is 0 Å². The van der Waals surface area contributed by atoms with Crippen LogP contribution in [0.5, 0.6) is 0 Å². The highest BCUT2D eigenvalue weighted by atomic mass is 16.6. The molecule has 0 aromatic carbocycles. The van der Waals surface area contributed by atoms with E-state index in [1.807, 2.05) is 6.21 Å². The molecule has 4 bridgehead atoms. The number of carbonyl (C=O) groups is 2. The summed E-state index contributed by atoms with van der Waals surface area (Å²) in [7, 11) is 0. The first kappa shape index (κ1) is 21.2. The maximum absolute atomic E-state index is 13.3. The first-order valence-corrected chi connectivity index (χ1v) is 12.5. The number of nitrogens with zero attached hydrogens (tertiary/aromatic N) is 1. The third-order valence-electron chi connectivity index (χ3n) is 10.0. The molecule has 0 heterocycles. The van der Waals surface area contributed by atoms with E-state index in [-0.39, 0.29) is 23.9 Å². The van der Waals surface area contributed by atoms with Gasteiger partial charge in [0.1, 0.15) is 17.8 Å². The van der Waals surface area contributed by atoms with E-state index in [4.69, 9.17) is 4.84 Å². The number of aldehydes is 1. The first-order valence-electron chi connectivity index (χ1n) is 12.5. The van der Waals surface area contributed by atoms with Crippen molar-refractivity contribution in [2.45, 2.75) is 84.7 Å². The molecule has 4 fully saturated rings. The van der Waals surface area contributed by atoms with Crippen LogP contribution in [0, 0.1) is 45.8 Å². The van der Waals surface area contributed by atoms with Crippen molar-refractivity contribution >= 4 is 18.5 Å². The van der Waals surface area contributed by atoms with Crippen molar-refractivity contribution in [2.24, 2.45) is 51.0 Å². The molecular formula is C26H37NO4. The molecule has 5 rings (SSSR count). The Morgan fingerprint density at radius 3 is 2.55 bits per heavy atom. The Kier molecular flexibility index (Phi) is 4.91. The van der Waals surface area contributed by atoms with Gasteiger partial charge in [-0.2, -0.15) is 0 Å². The second-order valence-corrected chi connectivity index (χ2v) is 11.5. The topological polar surface area (TPSA) is 76.0 Å². The molecular weight excluding hydrogens is 390 g/mol. The van der Waals surface area contributed by atoms with Crippen molar-refractivity contribution in [2.75, 3.05) is 0 Å². The number of allylic oxidation sites excluding steroid dienone is 1. The van der Waals surface area contributed by atoms with Gasteiger partial charge in [-0.25, -0.2) is 0 Å². The van der Waals surface area contributed by atoms with Crippen LogP contribution < -0.4 is 0 Å². The van der Waals surface area contributed by atoms with Crippen LogP contribution >= 0.6 is 0 Å². The van der Waals surface area contributed by atoms with Crippen LogP contribution in [0.1, 0.15) is 78.6 Å². The van der Waals surface area contributed by atoms with Gasteiger partial charge in [-0.1, -0.05) is 50.4 Å². The van der Waals surface area contributed by atoms with Crippen LogP contribution in [0.25, 0.3) is 0 Å². The highest BCUT2D eigenvalue weighted by molar-refractivity contribution is 5.96. The van der Waals surface area contributed by atoms with Crippen molar-refractivity contribution in [1.29, 1.82) is 0 Å². The fraction of sp³-hybridized carbons (Fsp3) is 0.808. The number of carboxylic acid groups (broad SMARTS) is 1. The minimum atomic E-state index is -1.19. The minimum Gasteiger partial charge on any atom is -0.481 e. The zero-order chi connectivity index (χ0) is 22.0. The summed E-state index contributed by atoms with van der Waals surface area (Å²) in [6.45, 7) is 6.43. The van der Waals surface area contributed by atoms with Gasteiger partial charge < -0.3 is 14.7 Å². The van der Waals surface area contributed by atoms with E-state index in [0.29, 0.717) is 18.3 Å². The number of oxime groups is 1. The average Bonchev–Trinajstić information content (AvgIpc) is 3.32. The smallest absolute Gasteiger partial charge is 0.315 e. The van der Waals surface area contributed by atoms with Gasteiger partial charge in [-0.15, -0.1) is 0 Å². The molecule has 0 radical (unpaired) electrons. The zero-order valence-electron chi connectivity index (χ0n) is 19.2. The third kappa shape index (κ3) is 2.47. The summed E-state index contributed by atoms with van der Waals surface area (Å²) in [5, 5.41) is 15.4. The summed E-state index contributed by atoms with van der Waals surface area (Å²) < 4.78 is 0. The molecule has 31 heavy (non-hydrogen) atoms. The number of carboxylic acids is 1. The van der Waals surface area contributed by atoms with E-state index < -0.39 is 22.2 Å². The number of aliphatic carboxylic acids is 1. The van der Waals surface area contributed by atoms with E-state index in [9.17, 15) is 14.7 Å². The quantitative estimate of drug-likeness (QED) is 0.272. The summed E-state index contributed by atoms with van der Waals surface area (Å²) >= 11 is 0. The summed E-state index contributed by atoms with van der Waals surface area (Å²) in [6, 6.07) is 0. The fourth-order valence-electron chi connectivity index (χ4n) is 8.87. The molecule has 0 aromatic heterocycles. The van der Waals surface area contributed by atoms with Gasteiger partial charge in [0.25, 0.3) is 0 Å². The number of hydrogen-bond donors (Lipinski definition) is 1. The van der Waals surface area contributed by atoms with Crippen molar-refractivity contribution in [3.63, 3.8) is 0 Å². The Hall–Kier alpha value is -1.65. The van der Waals surface area contributed by atoms with E-state index in [1.165, 1.54) is 19.3 Å². The second-order valence-electron chi connectivity index (χ2n) is 11.5. The SMILES string of the molecule is CC(C)C1=C[C@H]2C[C@]3(C=O)[C@@H]4CC[C@@H](C)[C@H]4CC2(C=NOC2CCCCC2)[C@]13C(=O)O. The molecule has 5 heteroatoms. The standard InChI is InChI=1S/C26H37NO4/c1-16(2)22-11-18-12-25(15-28)21-10-9-17(3)20(21)13-24(18,26(22,25)23(29)30)14-27-31-19-7-5-4-6-8-19/h11,14-21H,4-10,12-13H2,1-3H3,(H,29,30)/t17-,18+,20-,21-,24?,25+,26-/m1/s1. The predicted molar refractivity (Wildman–Crippen MR) is 118 cm³/mol. The Labute approximate surface area is 185 Å². The zero-order valence-corrected chi connectivity index (χ0v) is 19.2. The number of fused-ring (bicyclic) bond motifs is 2. The lowest BCUT2D eigenvalue weighted by Crippen LogP contribution is -2.63. The summed E-state index contributed by atoms with van der Waals surface area (Å²) in [6.07, 6.45) is 14.4. The lowest BCUT2D eigenvalue weighted by molar-refractivity contribution is -0.173. The van der Waals surface area contributed by atoms with Crippen LogP contribution in [0.4, 0.5) is 0 Å². The summed E-state index contributed by atoms with van der Waals surface area (Å²) in [4.78, 5) is 32.2. The Bertz CT molecular complexity index is 827. The fourth-order valence-corrected chi connectivity index (χ4v) is 8.87. The van der Waals surface area contributed by atoms with Crippen molar-refractivity contribution in [3.8, 4) is 0 Å². The first-order chi connectivity index (χ1) is 14.8. The van der Waals surface area contributed by atoms with Gasteiger partial charge >= 0.3 is 5.97 Å². The maximum Gasteiger partial charge on any atom is 0.315 e. The van der Waals surface area contributed by atoms with E-state index in [0.717, 1.165) is 44.0 Å². The highest BCUT2D eigenvalue weighted by Crippen LogP contribution is 2.82. The molecule has 5 nitrogen and oxygen atoms in total. The van der Waals surface area contributed by atoms with Gasteiger partial charge in [0.2, 0.25) is 0 Å². The summed E-state index contributed by atoms with van der Waals surface area (Å²) in [5.74, 6) is 0.350. The van der Waals surface area contributed by atoms with Gasteiger partial charge in [0.05, 0.1) is 11.6 Å². The maximum atomic E-state index is 13.3. The van der Waals surface area contributed by atoms with Crippen molar-refractivity contribution in [1.82, 2.24) is 0 Å². The van der Waals surface area contributed by atoms with Gasteiger partial charge in [-0.05, 0) is 74.5 Å². The van der Waals surface area contributed by atoms with Gasteiger partial charge in [0, 0.05) is 5.41 Å². The molecule has 4 saturated carbocycles. The lowest BCUT2D eigenvalue weighted by Gasteiger charge is -2.57. The second kappa shape index (κ2) is 7.18. The normalized spacial score (nSPS) is 46.4. The van der Waals surface area contributed by atoms with Crippen LogP contribution in [0.15, 0.2) is 16.8 Å². The van der Waals surface area contributed by atoms with Crippen molar-refractivity contribution < 1.29 is 19.5 Å². The van der Waals surface area contributed by atoms with Crippen LogP contribution in [-0.4, -0.2) is 29.7 Å². The molecule has 7 atom stereocenters. The molecule has 0 saturated heterocycles. The molecule has 0 aromatic rings. The largest absolute Gasteiger partial charge is 0.481 e. The number of carbonyl (C=O) groups excluding carboxylic acids is 1. The minimum absolute atomic E-state index is 0.0442. The van der Waals surface area contributed by atoms with E-state index >= 15 is 0 Å². The molecule has 0 spiro atoms. The van der Waals surface area contributed by atoms with Crippen molar-refractivity contribution in [3.05, 3.63) is 11.6 Å². The number of hydrogen-bond acceptors (Lipinski definition) is 4. The molecule has 170 valence electrons. The average molecular weight is 428 g/mol. The monoisotopic (exact) mass is 427 g/mol. The Balaban J connectivity index is 1.63. The third-order valence-corrected chi connectivity index (χ3v) is 10.0. The molecule has 0 aliphatic heterocycles. The Morgan fingerprint density at radius 2 is 1.90 bits per heavy atom. The Morgan fingerprint density at radius 1 is 1.16 bits per heavy atom. The molecule has 1 N–H and O–H groups in total. The molecule has 1 unspecified atom stereocenters. The van der Waals surface area contributed by atoms with Gasteiger partial charge in [-0.3, -0.25) is 4.79 Å². The highest BCUT2D eigenvalue weighted by Gasteiger charge is 2.84. The van der Waals surface area contributed by atoms with Crippen LogP contribution in [0.2, 0.25) is 0 Å². The summed E-state index contributed by atoms with van der Waals surface area (Å²) in [5.41, 5.74) is -1.73. The van der Waals surface area contributed by atoms with E-state index in [1.54, 1.807) is 0 Å². The van der Waals surface area contributed by atoms with Crippen LogP contribution in [0.3, 0.4) is 0 Å². The lowest BCUT2D eigenvalue weighted by atomic mass is 9.43. The number of rotatable bonds is 6.